The molecule has 0 aromatic carbocycles. The van der Waals surface area contributed by atoms with E-state index in [-0.39, 0.29) is 24.5 Å². The lowest BCUT2D eigenvalue weighted by Crippen LogP contribution is -2.28. The van der Waals surface area contributed by atoms with Gasteiger partial charge in [0.05, 0.1) is 0 Å². The van der Waals surface area contributed by atoms with E-state index in [1.807, 2.05) is 6.08 Å². The molecule has 1 amide bonds. The van der Waals surface area contributed by atoms with Crippen LogP contribution in [-0.4, -0.2) is 35.6 Å². The van der Waals surface area contributed by atoms with Gasteiger partial charge in [0.15, 0.2) is 0 Å². The number of carbonyl (C=O) groups excluding carboxylic acids is 2. The van der Waals surface area contributed by atoms with Gasteiger partial charge in [0.2, 0.25) is 5.91 Å². The number of amides is 1. The molecule has 1 atom stereocenters. The van der Waals surface area contributed by atoms with Crippen LogP contribution in [0.3, 0.4) is 0 Å². The molecule has 0 heterocycles. The summed E-state index contributed by atoms with van der Waals surface area (Å²) in [5.41, 5.74) is 0. The Kier molecular flexibility index (Phi) is 24.4. The monoisotopic (exact) mass is 507 g/mol. The van der Waals surface area contributed by atoms with Crippen LogP contribution >= 0.6 is 0 Å². The molecule has 6 nitrogen and oxygen atoms in total. The number of hydrogen-bond acceptors (Lipinski definition) is 4. The fourth-order valence-electron chi connectivity index (χ4n) is 3.89. The second-order valence-electron chi connectivity index (χ2n) is 9.64. The van der Waals surface area contributed by atoms with E-state index in [0.29, 0.717) is 12.8 Å². The van der Waals surface area contributed by atoms with Crippen molar-refractivity contribution in [1.29, 1.82) is 0 Å². The highest BCUT2D eigenvalue weighted by atomic mass is 16.5. The van der Waals surface area contributed by atoms with Crippen LogP contribution < -0.4 is 5.32 Å². The zero-order chi connectivity index (χ0) is 26.7. The van der Waals surface area contributed by atoms with Crippen molar-refractivity contribution in [3.05, 3.63) is 24.3 Å². The standard InChI is InChI=1S/C30H53NO5/c1-3-5-7-8-9-10-11-12-13-14-15-21-25-30(35)36-27(22-18-6-4-2)23-19-16-17-20-24-28(32)31-26-29(33)34/h9-10,18,22,27H,3-8,11-17,19-21,23-26H2,1-2H3,(H,31,32)(H,33,34)/b10-9-,22-18-. The van der Waals surface area contributed by atoms with Gasteiger partial charge in [0, 0.05) is 12.8 Å². The Balaban J connectivity index is 3.95. The minimum Gasteiger partial charge on any atom is -0.480 e. The van der Waals surface area contributed by atoms with Gasteiger partial charge in [-0.1, -0.05) is 83.4 Å². The molecular formula is C30H53NO5. The number of aliphatic carboxylic acids is 1. The van der Waals surface area contributed by atoms with Crippen LogP contribution in [0.25, 0.3) is 0 Å². The minimum absolute atomic E-state index is 0.105. The first-order chi connectivity index (χ1) is 17.5. The average molecular weight is 508 g/mol. The van der Waals surface area contributed by atoms with Crippen molar-refractivity contribution in [2.75, 3.05) is 6.54 Å². The Labute approximate surface area is 220 Å². The topological polar surface area (TPSA) is 92.7 Å². The maximum absolute atomic E-state index is 12.3. The predicted octanol–water partition coefficient (Wildman–Crippen LogP) is 7.66. The van der Waals surface area contributed by atoms with Gasteiger partial charge in [-0.05, 0) is 63.9 Å². The quantitative estimate of drug-likeness (QED) is 0.0751. The van der Waals surface area contributed by atoms with E-state index < -0.39 is 5.97 Å². The van der Waals surface area contributed by atoms with Gasteiger partial charge in [-0.3, -0.25) is 14.4 Å². The number of nitrogens with one attached hydrogen (secondary N) is 1. The second kappa shape index (κ2) is 26.0. The van der Waals surface area contributed by atoms with E-state index in [9.17, 15) is 14.4 Å². The van der Waals surface area contributed by atoms with Crippen molar-refractivity contribution in [2.24, 2.45) is 0 Å². The highest BCUT2D eigenvalue weighted by Gasteiger charge is 2.11. The van der Waals surface area contributed by atoms with Crippen LogP contribution in [0, 0.1) is 0 Å². The molecule has 0 radical (unpaired) electrons. The van der Waals surface area contributed by atoms with Crippen molar-refractivity contribution in [3.8, 4) is 0 Å². The van der Waals surface area contributed by atoms with Gasteiger partial charge >= 0.3 is 11.9 Å². The van der Waals surface area contributed by atoms with Crippen molar-refractivity contribution in [3.63, 3.8) is 0 Å². The third kappa shape index (κ3) is 25.0. The fourth-order valence-corrected chi connectivity index (χ4v) is 3.89. The molecule has 0 rings (SSSR count). The lowest BCUT2D eigenvalue weighted by molar-refractivity contribution is -0.147. The van der Waals surface area contributed by atoms with E-state index >= 15 is 0 Å². The van der Waals surface area contributed by atoms with Gasteiger partial charge in [-0.25, -0.2) is 0 Å². The summed E-state index contributed by atoms with van der Waals surface area (Å²) in [6.07, 6.45) is 27.6. The fraction of sp³-hybridized carbons (Fsp3) is 0.767. The molecule has 36 heavy (non-hydrogen) atoms. The van der Waals surface area contributed by atoms with Crippen LogP contribution in [-0.2, 0) is 19.1 Å². The number of rotatable bonds is 25. The summed E-state index contributed by atoms with van der Waals surface area (Å²) >= 11 is 0. The first-order valence-corrected chi connectivity index (χ1v) is 14.5. The highest BCUT2D eigenvalue weighted by molar-refractivity contribution is 5.80. The van der Waals surface area contributed by atoms with Crippen molar-refractivity contribution >= 4 is 17.8 Å². The molecular weight excluding hydrogens is 454 g/mol. The minimum atomic E-state index is -1.03. The molecule has 0 spiro atoms. The molecule has 6 heteroatoms. The van der Waals surface area contributed by atoms with Gasteiger partial charge in [-0.2, -0.15) is 0 Å². The molecule has 0 aliphatic rings. The van der Waals surface area contributed by atoms with E-state index in [0.717, 1.165) is 64.2 Å². The Morgan fingerprint density at radius 3 is 2.00 bits per heavy atom. The maximum Gasteiger partial charge on any atom is 0.322 e. The third-order valence-corrected chi connectivity index (χ3v) is 6.06. The number of carbonyl (C=O) groups is 3. The summed E-state index contributed by atoms with van der Waals surface area (Å²) in [5, 5.41) is 10.9. The Bertz CT molecular complexity index is 614. The Hall–Kier alpha value is -2.11. The number of allylic oxidation sites excluding steroid dienone is 3. The summed E-state index contributed by atoms with van der Waals surface area (Å²) in [7, 11) is 0. The van der Waals surface area contributed by atoms with E-state index in [1.165, 1.54) is 44.9 Å². The smallest absolute Gasteiger partial charge is 0.322 e. The van der Waals surface area contributed by atoms with Crippen molar-refractivity contribution in [1.82, 2.24) is 5.32 Å². The molecule has 0 saturated carbocycles. The van der Waals surface area contributed by atoms with E-state index in [1.54, 1.807) is 0 Å². The summed E-state index contributed by atoms with van der Waals surface area (Å²) in [6.45, 7) is 4.03. The van der Waals surface area contributed by atoms with Crippen molar-refractivity contribution in [2.45, 2.75) is 142 Å². The van der Waals surface area contributed by atoms with Crippen LogP contribution in [0.2, 0.25) is 0 Å². The Morgan fingerprint density at radius 2 is 1.33 bits per heavy atom. The molecule has 0 bridgehead atoms. The molecule has 0 aromatic heterocycles. The maximum atomic E-state index is 12.3. The third-order valence-electron chi connectivity index (χ3n) is 6.06. The van der Waals surface area contributed by atoms with Crippen LogP contribution in [0.5, 0.6) is 0 Å². The molecule has 0 saturated heterocycles. The molecule has 0 fully saturated rings. The zero-order valence-electron chi connectivity index (χ0n) is 23.1. The highest BCUT2D eigenvalue weighted by Crippen LogP contribution is 2.14. The predicted molar refractivity (Wildman–Crippen MR) is 148 cm³/mol. The molecule has 0 aromatic rings. The molecule has 0 aliphatic carbocycles. The van der Waals surface area contributed by atoms with Gasteiger partial charge in [0.25, 0.3) is 0 Å². The van der Waals surface area contributed by atoms with Crippen molar-refractivity contribution < 1.29 is 24.2 Å². The lowest BCUT2D eigenvalue weighted by Gasteiger charge is -2.15. The van der Waals surface area contributed by atoms with Crippen LogP contribution in [0.4, 0.5) is 0 Å². The second-order valence-corrected chi connectivity index (χ2v) is 9.64. The SMILES string of the molecule is CCC/C=C\C(CCCCCCC(=O)NCC(=O)O)OC(=O)CCCCCCC/C=C\CCCCC. The summed E-state index contributed by atoms with van der Waals surface area (Å²) < 4.78 is 5.74. The average Bonchev–Trinajstić information content (AvgIpc) is 2.85. The number of esters is 1. The number of carboxylic acid groups (broad SMARTS) is 1. The first kappa shape index (κ1) is 33.9. The number of ether oxygens (including phenoxy) is 1. The first-order valence-electron chi connectivity index (χ1n) is 14.5. The van der Waals surface area contributed by atoms with E-state index in [2.05, 4.69) is 37.4 Å². The van der Waals surface area contributed by atoms with Gasteiger partial charge < -0.3 is 15.2 Å². The normalized spacial score (nSPS) is 12.3. The Morgan fingerprint density at radius 1 is 0.722 bits per heavy atom. The number of carboxylic acids is 1. The summed E-state index contributed by atoms with van der Waals surface area (Å²) in [5.74, 6) is -1.36. The molecule has 1 unspecified atom stereocenters. The molecule has 2 N–H and O–H groups in total. The van der Waals surface area contributed by atoms with Gasteiger partial charge in [-0.15, -0.1) is 0 Å². The van der Waals surface area contributed by atoms with E-state index in [4.69, 9.17) is 9.84 Å². The summed E-state index contributed by atoms with van der Waals surface area (Å²) in [4.78, 5) is 34.3. The zero-order valence-corrected chi connectivity index (χ0v) is 23.1. The lowest BCUT2D eigenvalue weighted by atomic mass is 10.1. The van der Waals surface area contributed by atoms with Crippen LogP contribution in [0.1, 0.15) is 136 Å². The molecule has 0 aliphatic heterocycles. The summed E-state index contributed by atoms with van der Waals surface area (Å²) in [6, 6.07) is 0. The number of hydrogen-bond donors (Lipinski definition) is 2. The van der Waals surface area contributed by atoms with Crippen LogP contribution in [0.15, 0.2) is 24.3 Å². The largest absolute Gasteiger partial charge is 0.480 e. The molecule has 208 valence electrons. The van der Waals surface area contributed by atoms with Gasteiger partial charge in [0.1, 0.15) is 12.6 Å². The number of unbranched alkanes of at least 4 members (excludes halogenated alkanes) is 12.